The van der Waals surface area contributed by atoms with Gasteiger partial charge in [-0.15, -0.1) is 0 Å². The van der Waals surface area contributed by atoms with E-state index in [0.29, 0.717) is 18.7 Å². The normalized spacial score (nSPS) is 14.0. The zero-order valence-electron chi connectivity index (χ0n) is 17.3. The fourth-order valence-corrected chi connectivity index (χ4v) is 3.92. The Morgan fingerprint density at radius 1 is 1.19 bits per heavy atom. The van der Waals surface area contributed by atoms with Crippen molar-refractivity contribution in [1.82, 2.24) is 24.0 Å². The number of amides is 2. The van der Waals surface area contributed by atoms with Crippen molar-refractivity contribution in [1.29, 1.82) is 0 Å². The first-order chi connectivity index (χ1) is 14.8. The highest BCUT2D eigenvalue weighted by atomic mass is 19.1. The van der Waals surface area contributed by atoms with Crippen LogP contribution in [-0.4, -0.2) is 48.9 Å². The minimum Gasteiger partial charge on any atom is -0.364 e. The van der Waals surface area contributed by atoms with Crippen LogP contribution in [0.5, 0.6) is 0 Å². The van der Waals surface area contributed by atoms with Crippen LogP contribution in [0.3, 0.4) is 0 Å². The Morgan fingerprint density at radius 3 is 2.52 bits per heavy atom. The maximum atomic E-state index is 13.7. The molecule has 1 aromatic carbocycles. The molecule has 31 heavy (non-hydrogen) atoms. The second kappa shape index (κ2) is 7.93. The Hall–Kier alpha value is -3.56. The lowest BCUT2D eigenvalue weighted by atomic mass is 10.2. The Bertz CT molecular complexity index is 1240. The molecule has 2 N–H and O–H groups in total. The van der Waals surface area contributed by atoms with Crippen molar-refractivity contribution in [2.45, 2.75) is 39.3 Å². The number of rotatable bonds is 5. The molecule has 1 fully saturated rings. The summed E-state index contributed by atoms with van der Waals surface area (Å²) in [6.07, 6.45) is 1.84. The molecule has 1 aliphatic rings. The SMILES string of the molecule is CC(C)n1c(=O)n(CC(=O)N2CCCC2)c2c(C(N)=O)nc(-c3cccc(F)c3)nc21. The number of aromatic nitrogens is 4. The number of likely N-dealkylation sites (tertiary alicyclic amines) is 1. The largest absolute Gasteiger partial charge is 0.364 e. The predicted octanol–water partition coefficient (Wildman–Crippen LogP) is 1.70. The van der Waals surface area contributed by atoms with Gasteiger partial charge in [-0.25, -0.2) is 19.2 Å². The molecule has 2 aromatic heterocycles. The first-order valence-corrected chi connectivity index (χ1v) is 10.1. The van der Waals surface area contributed by atoms with Crippen LogP contribution in [-0.2, 0) is 11.3 Å². The van der Waals surface area contributed by atoms with Crippen molar-refractivity contribution in [3.05, 3.63) is 46.3 Å². The van der Waals surface area contributed by atoms with E-state index in [4.69, 9.17) is 5.73 Å². The van der Waals surface area contributed by atoms with E-state index in [1.54, 1.807) is 24.8 Å². The van der Waals surface area contributed by atoms with Gasteiger partial charge in [0.1, 0.15) is 17.9 Å². The van der Waals surface area contributed by atoms with Gasteiger partial charge in [-0.05, 0) is 38.8 Å². The van der Waals surface area contributed by atoms with E-state index in [0.717, 1.165) is 12.8 Å². The predicted molar refractivity (Wildman–Crippen MR) is 112 cm³/mol. The van der Waals surface area contributed by atoms with Gasteiger partial charge in [0.25, 0.3) is 5.91 Å². The Balaban J connectivity index is 1.96. The van der Waals surface area contributed by atoms with Gasteiger partial charge in [0, 0.05) is 24.7 Å². The van der Waals surface area contributed by atoms with Crippen molar-refractivity contribution in [2.24, 2.45) is 5.73 Å². The van der Waals surface area contributed by atoms with Crippen LogP contribution in [0.1, 0.15) is 43.2 Å². The van der Waals surface area contributed by atoms with Gasteiger partial charge in [-0.2, -0.15) is 0 Å². The number of hydrogen-bond acceptors (Lipinski definition) is 5. The van der Waals surface area contributed by atoms with Gasteiger partial charge in [-0.1, -0.05) is 12.1 Å². The molecule has 2 amide bonds. The maximum absolute atomic E-state index is 13.7. The number of imidazole rings is 1. The van der Waals surface area contributed by atoms with Gasteiger partial charge < -0.3 is 10.6 Å². The second-order valence-corrected chi connectivity index (χ2v) is 7.86. The molecule has 4 rings (SSSR count). The highest BCUT2D eigenvalue weighted by molar-refractivity contribution is 6.02. The molecule has 0 saturated carbocycles. The van der Waals surface area contributed by atoms with Crippen molar-refractivity contribution < 1.29 is 14.0 Å². The van der Waals surface area contributed by atoms with E-state index in [1.165, 1.54) is 27.3 Å². The van der Waals surface area contributed by atoms with Crippen LogP contribution >= 0.6 is 0 Å². The summed E-state index contributed by atoms with van der Waals surface area (Å²) in [7, 11) is 0. The summed E-state index contributed by atoms with van der Waals surface area (Å²) >= 11 is 0. The molecule has 3 aromatic rings. The maximum Gasteiger partial charge on any atom is 0.331 e. The van der Waals surface area contributed by atoms with Crippen molar-refractivity contribution in [2.75, 3.05) is 13.1 Å². The number of halogens is 1. The number of hydrogen-bond donors (Lipinski definition) is 1. The molecule has 1 aliphatic heterocycles. The molecule has 0 spiro atoms. The van der Waals surface area contributed by atoms with Crippen LogP contribution in [0.15, 0.2) is 29.1 Å². The first kappa shape index (κ1) is 20.7. The number of fused-ring (bicyclic) bond motifs is 1. The number of benzene rings is 1. The summed E-state index contributed by atoms with van der Waals surface area (Å²) in [5, 5.41) is 0. The number of nitrogens with zero attached hydrogens (tertiary/aromatic N) is 5. The Kier molecular flexibility index (Phi) is 5.30. The third-order valence-electron chi connectivity index (χ3n) is 5.39. The van der Waals surface area contributed by atoms with Gasteiger partial charge in [0.05, 0.1) is 0 Å². The van der Waals surface area contributed by atoms with Crippen molar-refractivity contribution >= 4 is 23.0 Å². The van der Waals surface area contributed by atoms with E-state index in [9.17, 15) is 18.8 Å². The van der Waals surface area contributed by atoms with Crippen molar-refractivity contribution in [3.8, 4) is 11.4 Å². The molecule has 1 saturated heterocycles. The number of carbonyl (C=O) groups is 2. The third-order valence-corrected chi connectivity index (χ3v) is 5.39. The molecular weight excluding hydrogens is 403 g/mol. The van der Waals surface area contributed by atoms with Gasteiger partial charge in [-0.3, -0.25) is 18.7 Å². The lowest BCUT2D eigenvalue weighted by Crippen LogP contribution is -2.35. The van der Waals surface area contributed by atoms with Gasteiger partial charge >= 0.3 is 5.69 Å². The fraction of sp³-hybridized carbons (Fsp3) is 0.381. The van der Waals surface area contributed by atoms with Crippen LogP contribution in [0.2, 0.25) is 0 Å². The molecule has 10 heteroatoms. The first-order valence-electron chi connectivity index (χ1n) is 10.1. The number of carbonyl (C=O) groups excluding carboxylic acids is 2. The topological polar surface area (TPSA) is 116 Å². The smallest absolute Gasteiger partial charge is 0.331 e. The lowest BCUT2D eigenvalue weighted by Gasteiger charge is -2.15. The van der Waals surface area contributed by atoms with E-state index < -0.39 is 17.4 Å². The zero-order valence-corrected chi connectivity index (χ0v) is 17.3. The van der Waals surface area contributed by atoms with Crippen LogP contribution in [0.4, 0.5) is 4.39 Å². The summed E-state index contributed by atoms with van der Waals surface area (Å²) in [5.41, 5.74) is 5.55. The molecule has 0 aliphatic carbocycles. The van der Waals surface area contributed by atoms with Crippen molar-refractivity contribution in [3.63, 3.8) is 0 Å². The molecular formula is C21H23FN6O3. The average Bonchev–Trinajstić information content (AvgIpc) is 3.34. The highest BCUT2D eigenvalue weighted by Gasteiger charge is 2.27. The number of nitrogens with two attached hydrogens (primary N) is 1. The van der Waals surface area contributed by atoms with Crippen LogP contribution < -0.4 is 11.4 Å². The van der Waals surface area contributed by atoms with Crippen LogP contribution in [0, 0.1) is 5.82 Å². The van der Waals surface area contributed by atoms with E-state index in [2.05, 4.69) is 9.97 Å². The monoisotopic (exact) mass is 426 g/mol. The average molecular weight is 426 g/mol. The zero-order chi connectivity index (χ0) is 22.3. The Morgan fingerprint density at radius 2 is 1.90 bits per heavy atom. The minimum absolute atomic E-state index is 0.0678. The van der Waals surface area contributed by atoms with Gasteiger partial charge in [0.15, 0.2) is 17.2 Å². The summed E-state index contributed by atoms with van der Waals surface area (Å²) in [5.74, 6) is -1.50. The summed E-state index contributed by atoms with van der Waals surface area (Å²) in [6.45, 7) is 4.62. The molecule has 0 radical (unpaired) electrons. The van der Waals surface area contributed by atoms with E-state index >= 15 is 0 Å². The second-order valence-electron chi connectivity index (χ2n) is 7.86. The molecule has 9 nitrogen and oxygen atoms in total. The highest BCUT2D eigenvalue weighted by Crippen LogP contribution is 2.24. The molecule has 162 valence electrons. The molecule has 0 atom stereocenters. The summed E-state index contributed by atoms with van der Waals surface area (Å²) in [6, 6.07) is 5.30. The van der Waals surface area contributed by atoms with E-state index in [1.807, 2.05) is 0 Å². The van der Waals surface area contributed by atoms with Crippen LogP contribution in [0.25, 0.3) is 22.6 Å². The fourth-order valence-electron chi connectivity index (χ4n) is 3.92. The molecule has 0 unspecified atom stereocenters. The number of primary amides is 1. The Labute approximate surface area is 177 Å². The van der Waals surface area contributed by atoms with Gasteiger partial charge in [0.2, 0.25) is 5.91 Å². The lowest BCUT2D eigenvalue weighted by molar-refractivity contribution is -0.130. The standard InChI is InChI=1S/C21H23FN6O3/c1-12(2)28-20-17(27(21(28)31)11-15(29)26-8-3-4-9-26)16(18(23)30)24-19(25-20)13-6-5-7-14(22)10-13/h5-7,10,12H,3-4,8-9,11H2,1-2H3,(H2,23,30). The molecule has 3 heterocycles. The third kappa shape index (κ3) is 3.69. The van der Waals surface area contributed by atoms with E-state index in [-0.39, 0.29) is 41.2 Å². The minimum atomic E-state index is -0.867. The molecule has 0 bridgehead atoms. The quantitative estimate of drug-likeness (QED) is 0.667. The summed E-state index contributed by atoms with van der Waals surface area (Å²) < 4.78 is 16.4. The summed E-state index contributed by atoms with van der Waals surface area (Å²) in [4.78, 5) is 48.7.